The fraction of sp³-hybridized carbons (Fsp3) is 0.414. The van der Waals surface area contributed by atoms with Crippen LogP contribution in [0, 0.1) is 5.92 Å². The number of aliphatic carboxylic acids is 1. The molecule has 4 rings (SSSR count). The molecule has 0 spiro atoms. The van der Waals surface area contributed by atoms with E-state index in [4.69, 9.17) is 9.15 Å². The minimum atomic E-state index is -1.01. The number of nitrogens with zero attached hydrogens (tertiary/aromatic N) is 2. The largest absolute Gasteiger partial charge is 0.493 e. The van der Waals surface area contributed by atoms with Gasteiger partial charge < -0.3 is 19.2 Å². The predicted molar refractivity (Wildman–Crippen MR) is 137 cm³/mol. The molecule has 0 bridgehead atoms. The van der Waals surface area contributed by atoms with E-state index in [2.05, 4.69) is 11.1 Å². The number of carbonyl (C=O) groups excluding carboxylic acids is 1. The molecule has 1 atom stereocenters. The van der Waals surface area contributed by atoms with E-state index < -0.39 is 12.0 Å². The summed E-state index contributed by atoms with van der Waals surface area (Å²) in [6.07, 6.45) is 19.7. The number of aromatic nitrogens is 1. The van der Waals surface area contributed by atoms with E-state index in [1.165, 1.54) is 43.1 Å². The average molecular weight is 491 g/mol. The van der Waals surface area contributed by atoms with Gasteiger partial charge in [-0.2, -0.15) is 0 Å². The summed E-state index contributed by atoms with van der Waals surface area (Å²) in [6, 6.07) is 4.75. The quantitative estimate of drug-likeness (QED) is 0.376. The highest BCUT2D eigenvalue weighted by Gasteiger charge is 2.33. The zero-order valence-electron chi connectivity index (χ0n) is 20.8. The maximum atomic E-state index is 12.6. The van der Waals surface area contributed by atoms with Gasteiger partial charge in [-0.05, 0) is 55.0 Å². The summed E-state index contributed by atoms with van der Waals surface area (Å²) in [5.74, 6) is 0.611. The number of carbonyl (C=O) groups is 2. The lowest BCUT2D eigenvalue weighted by atomic mass is 9.89. The number of ether oxygens (including phenoxy) is 1. The number of rotatable bonds is 9. The Morgan fingerprint density at radius 2 is 2.03 bits per heavy atom. The Kier molecular flexibility index (Phi) is 8.76. The van der Waals surface area contributed by atoms with E-state index in [-0.39, 0.29) is 18.9 Å². The number of hydrogen-bond donors (Lipinski definition) is 1. The third-order valence-electron chi connectivity index (χ3n) is 6.78. The fourth-order valence-corrected chi connectivity index (χ4v) is 4.78. The van der Waals surface area contributed by atoms with E-state index in [0.717, 1.165) is 16.8 Å². The van der Waals surface area contributed by atoms with Crippen molar-refractivity contribution in [2.75, 3.05) is 6.61 Å². The number of carboxylic acids is 1. The number of fused-ring (bicyclic) bond motifs is 1. The molecule has 190 valence electrons. The highest BCUT2D eigenvalue weighted by atomic mass is 16.5. The molecule has 1 aliphatic carbocycles. The average Bonchev–Trinajstić information content (AvgIpc) is 3.35. The molecule has 1 aliphatic heterocycles. The molecule has 1 N–H and O–H groups in total. The molecule has 1 aromatic heterocycles. The van der Waals surface area contributed by atoms with Gasteiger partial charge in [0.15, 0.2) is 0 Å². The summed E-state index contributed by atoms with van der Waals surface area (Å²) in [4.78, 5) is 30.4. The van der Waals surface area contributed by atoms with Crippen LogP contribution in [0.1, 0.15) is 61.7 Å². The van der Waals surface area contributed by atoms with Crippen LogP contribution in [0.3, 0.4) is 0 Å². The van der Waals surface area contributed by atoms with Gasteiger partial charge in [0.2, 0.25) is 11.8 Å². The first-order chi connectivity index (χ1) is 17.5. The van der Waals surface area contributed by atoms with Crippen LogP contribution in [0.25, 0.3) is 6.08 Å². The van der Waals surface area contributed by atoms with E-state index in [9.17, 15) is 14.7 Å². The minimum Gasteiger partial charge on any atom is -0.493 e. The first kappa shape index (κ1) is 25.5. The van der Waals surface area contributed by atoms with Crippen LogP contribution in [0.2, 0.25) is 0 Å². The van der Waals surface area contributed by atoms with Gasteiger partial charge in [0.1, 0.15) is 18.1 Å². The number of allylic oxidation sites excluding steroid dienone is 4. The molecule has 2 aliphatic rings. The monoisotopic (exact) mass is 490 g/mol. The van der Waals surface area contributed by atoms with Crippen LogP contribution >= 0.6 is 0 Å². The normalized spacial score (nSPS) is 18.8. The number of hydrogen-bond acceptors (Lipinski definition) is 5. The van der Waals surface area contributed by atoms with E-state index in [1.807, 2.05) is 37.3 Å². The van der Waals surface area contributed by atoms with Gasteiger partial charge in [-0.3, -0.25) is 4.79 Å². The zero-order chi connectivity index (χ0) is 25.3. The lowest BCUT2D eigenvalue weighted by molar-refractivity contribution is -0.149. The standard InChI is InChI=1S/C29H34N2O5/c1-2-3-5-10-28(32)31-19-23-17-25(13-12-22(23)18-26(31)29(33)34)35-16-15-24-20-36-27(30-24)14-11-21-8-6-4-7-9-21/h2-3,5,10-14,17,20-21,26H,4,6-9,15-16,18-19H2,1H3,(H,33,34)/b3-2+,10-5+,14-11+/t26-/m0/s1. The van der Waals surface area contributed by atoms with Crippen LogP contribution in [0.4, 0.5) is 0 Å². The summed E-state index contributed by atoms with van der Waals surface area (Å²) >= 11 is 0. The molecule has 1 aromatic carbocycles. The Bertz CT molecular complexity index is 1140. The molecule has 1 amide bonds. The number of oxazole rings is 1. The second-order valence-corrected chi connectivity index (χ2v) is 9.37. The second-order valence-electron chi connectivity index (χ2n) is 9.37. The fourth-order valence-electron chi connectivity index (χ4n) is 4.78. The maximum absolute atomic E-state index is 12.6. The summed E-state index contributed by atoms with van der Waals surface area (Å²) in [7, 11) is 0. The molecule has 1 saturated carbocycles. The van der Waals surface area contributed by atoms with Crippen LogP contribution in [-0.2, 0) is 29.0 Å². The SMILES string of the molecule is C/C=C/C=C/C(=O)N1Cc2cc(OCCc3coc(/C=C/C4CCCCC4)n3)ccc2C[C@H]1C(=O)O. The van der Waals surface area contributed by atoms with Gasteiger partial charge in [-0.25, -0.2) is 9.78 Å². The third-order valence-corrected chi connectivity index (χ3v) is 6.78. The van der Waals surface area contributed by atoms with Gasteiger partial charge in [-0.1, -0.05) is 49.6 Å². The summed E-state index contributed by atoms with van der Waals surface area (Å²) in [6.45, 7) is 2.51. The lowest BCUT2D eigenvalue weighted by Gasteiger charge is -2.34. The molecular formula is C29H34N2O5. The smallest absolute Gasteiger partial charge is 0.326 e. The van der Waals surface area contributed by atoms with Crippen molar-refractivity contribution in [1.82, 2.24) is 9.88 Å². The first-order valence-corrected chi connectivity index (χ1v) is 12.7. The number of carboxylic acid groups (broad SMARTS) is 1. The third kappa shape index (κ3) is 6.74. The van der Waals surface area contributed by atoms with Crippen molar-refractivity contribution in [3.05, 3.63) is 77.6 Å². The van der Waals surface area contributed by atoms with Crippen molar-refractivity contribution >= 4 is 18.0 Å². The minimum absolute atomic E-state index is 0.225. The Morgan fingerprint density at radius 3 is 2.81 bits per heavy atom. The first-order valence-electron chi connectivity index (χ1n) is 12.7. The van der Waals surface area contributed by atoms with Crippen LogP contribution in [-0.4, -0.2) is 39.5 Å². The molecule has 0 unspecified atom stereocenters. The van der Waals surface area contributed by atoms with E-state index >= 15 is 0 Å². The summed E-state index contributed by atoms with van der Waals surface area (Å²) < 4.78 is 11.5. The molecule has 2 aromatic rings. The van der Waals surface area contributed by atoms with Crippen molar-refractivity contribution in [3.63, 3.8) is 0 Å². The zero-order valence-corrected chi connectivity index (χ0v) is 20.8. The lowest BCUT2D eigenvalue weighted by Crippen LogP contribution is -2.48. The van der Waals surface area contributed by atoms with Crippen molar-refractivity contribution in [2.45, 2.75) is 64.5 Å². The molecule has 0 saturated heterocycles. The Morgan fingerprint density at radius 1 is 1.19 bits per heavy atom. The molecule has 7 heteroatoms. The summed E-state index contributed by atoms with van der Waals surface area (Å²) in [5, 5.41) is 9.66. The van der Waals surface area contributed by atoms with Gasteiger partial charge in [0, 0.05) is 25.5 Å². The molecule has 0 radical (unpaired) electrons. The van der Waals surface area contributed by atoms with E-state index in [1.54, 1.807) is 18.4 Å². The number of amides is 1. The predicted octanol–water partition coefficient (Wildman–Crippen LogP) is 5.36. The van der Waals surface area contributed by atoms with Crippen LogP contribution in [0.15, 0.2) is 59.3 Å². The second kappa shape index (κ2) is 12.4. The van der Waals surface area contributed by atoms with Gasteiger partial charge in [0.05, 0.1) is 12.3 Å². The molecular weight excluding hydrogens is 456 g/mol. The highest BCUT2D eigenvalue weighted by Crippen LogP contribution is 2.28. The van der Waals surface area contributed by atoms with Crippen molar-refractivity contribution in [3.8, 4) is 5.75 Å². The molecule has 1 fully saturated rings. The van der Waals surface area contributed by atoms with Gasteiger partial charge >= 0.3 is 5.97 Å². The molecule has 7 nitrogen and oxygen atoms in total. The topological polar surface area (TPSA) is 92.9 Å². The van der Waals surface area contributed by atoms with Crippen molar-refractivity contribution in [2.24, 2.45) is 5.92 Å². The Hall–Kier alpha value is -3.61. The molecule has 2 heterocycles. The van der Waals surface area contributed by atoms with Gasteiger partial charge in [-0.15, -0.1) is 0 Å². The van der Waals surface area contributed by atoms with Gasteiger partial charge in [0.25, 0.3) is 0 Å². The molecule has 36 heavy (non-hydrogen) atoms. The summed E-state index contributed by atoms with van der Waals surface area (Å²) in [5.41, 5.74) is 2.65. The number of benzene rings is 1. The van der Waals surface area contributed by atoms with Crippen LogP contribution in [0.5, 0.6) is 5.75 Å². The Balaban J connectivity index is 1.34. The van der Waals surface area contributed by atoms with E-state index in [0.29, 0.717) is 30.6 Å². The Labute approximate surface area is 212 Å². The maximum Gasteiger partial charge on any atom is 0.326 e. The van der Waals surface area contributed by atoms with Crippen LogP contribution < -0.4 is 4.74 Å². The highest BCUT2D eigenvalue weighted by molar-refractivity contribution is 5.92. The van der Waals surface area contributed by atoms with Crippen molar-refractivity contribution < 1.29 is 23.8 Å². The van der Waals surface area contributed by atoms with Crippen molar-refractivity contribution in [1.29, 1.82) is 0 Å².